The van der Waals surface area contributed by atoms with Crippen LogP contribution in [-0.4, -0.2) is 53.5 Å². The fourth-order valence-corrected chi connectivity index (χ4v) is 5.03. The molecule has 5 N–H and O–H groups in total. The molecular formula is C20H24F4N6O3S. The minimum absolute atomic E-state index is 0.0168. The van der Waals surface area contributed by atoms with Crippen LogP contribution in [0.25, 0.3) is 0 Å². The van der Waals surface area contributed by atoms with Crippen molar-refractivity contribution in [3.8, 4) is 0 Å². The molecule has 1 fully saturated rings. The molecule has 1 aromatic carbocycles. The van der Waals surface area contributed by atoms with E-state index in [0.29, 0.717) is 12.4 Å². The van der Waals surface area contributed by atoms with E-state index in [1.807, 2.05) is 0 Å². The molecule has 14 heteroatoms. The molecule has 2 heterocycles. The molecule has 3 rings (SSSR count). The Kier molecular flexibility index (Phi) is 6.41. The number of carbonyl (C=O) groups excluding carboxylic acids is 1. The number of carbonyl (C=O) groups is 1. The number of hydrogen-bond donors (Lipinski definition) is 5. The van der Waals surface area contributed by atoms with Gasteiger partial charge in [-0.25, -0.2) is 18.7 Å². The number of nitrogens with one attached hydrogen (secondary N) is 3. The highest BCUT2D eigenvalue weighted by Gasteiger charge is 2.49. The van der Waals surface area contributed by atoms with Crippen molar-refractivity contribution in [1.82, 2.24) is 19.6 Å². The van der Waals surface area contributed by atoms with Crippen molar-refractivity contribution < 1.29 is 31.5 Å². The fraction of sp³-hybridized carbons (Fsp3) is 0.400. The van der Waals surface area contributed by atoms with E-state index in [-0.39, 0.29) is 23.6 Å². The number of amides is 1. The Morgan fingerprint density at radius 3 is 2.38 bits per heavy atom. The number of anilines is 1. The number of likely N-dealkylation sites (N-methyl/N-ethyl adjacent to an activating group) is 1. The van der Waals surface area contributed by atoms with Gasteiger partial charge in [-0.05, 0) is 39.0 Å². The summed E-state index contributed by atoms with van der Waals surface area (Å²) >= 11 is 0. The van der Waals surface area contributed by atoms with Crippen molar-refractivity contribution >= 4 is 28.2 Å². The van der Waals surface area contributed by atoms with Gasteiger partial charge in [-0.3, -0.25) is 19.3 Å². The number of amidine groups is 1. The van der Waals surface area contributed by atoms with Gasteiger partial charge in [0, 0.05) is 37.2 Å². The van der Waals surface area contributed by atoms with E-state index in [9.17, 15) is 31.5 Å². The first kappa shape index (κ1) is 25.8. The van der Waals surface area contributed by atoms with Crippen LogP contribution in [0.5, 0.6) is 0 Å². The molecule has 1 aliphatic heterocycles. The van der Waals surface area contributed by atoms with E-state index >= 15 is 0 Å². The van der Waals surface area contributed by atoms with E-state index in [1.165, 1.54) is 37.3 Å². The first-order chi connectivity index (χ1) is 15.5. The Morgan fingerprint density at radius 2 is 1.82 bits per heavy atom. The van der Waals surface area contributed by atoms with E-state index in [0.717, 1.165) is 6.07 Å². The van der Waals surface area contributed by atoms with Crippen LogP contribution < -0.4 is 10.6 Å². The van der Waals surface area contributed by atoms with Crippen molar-refractivity contribution in [1.29, 1.82) is 5.41 Å². The lowest BCUT2D eigenvalue weighted by Gasteiger charge is -2.49. The van der Waals surface area contributed by atoms with E-state index in [1.54, 1.807) is 6.92 Å². The van der Waals surface area contributed by atoms with Crippen LogP contribution >= 0.6 is 10.8 Å². The summed E-state index contributed by atoms with van der Waals surface area (Å²) < 4.78 is 74.2. The minimum Gasteiger partial charge on any atom is -0.361 e. The average molecular weight is 505 g/mol. The van der Waals surface area contributed by atoms with Crippen LogP contribution in [0.15, 0.2) is 30.6 Å². The zero-order valence-electron chi connectivity index (χ0n) is 18.7. The normalized spacial score (nSPS) is 23.5. The smallest absolute Gasteiger partial charge is 0.361 e. The minimum atomic E-state index is -4.65. The van der Waals surface area contributed by atoms with Crippen molar-refractivity contribution in [3.63, 3.8) is 0 Å². The van der Waals surface area contributed by atoms with Crippen LogP contribution in [0.2, 0.25) is 0 Å². The van der Waals surface area contributed by atoms with Gasteiger partial charge in [0.2, 0.25) is 5.82 Å². The Labute approximate surface area is 194 Å². The highest BCUT2D eigenvalue weighted by molar-refractivity contribution is 8.24. The second kappa shape index (κ2) is 8.45. The standard InChI is InChI=1S/C20H24F4N6O3S/c1-18(2)17(25)29-19(3,10-30(4)34(18,32)33)13-7-12(5-6-14(13)21)28-16(31)15-26-8-11(9-27-15)20(22,23)24/h5-9,32-33H,10H2,1-4H3,(H2,25,29)(H,28,31)/t19-/m0/s1. The molecule has 2 aromatic rings. The molecule has 1 saturated heterocycles. The van der Waals surface area contributed by atoms with Gasteiger partial charge in [0.25, 0.3) is 5.91 Å². The zero-order chi connectivity index (χ0) is 25.7. The predicted octanol–water partition coefficient (Wildman–Crippen LogP) is 4.06. The van der Waals surface area contributed by atoms with Crippen molar-refractivity contribution in [2.75, 3.05) is 18.9 Å². The molecule has 0 radical (unpaired) electrons. The number of halogens is 4. The molecule has 1 amide bonds. The lowest BCUT2D eigenvalue weighted by atomic mass is 9.90. The Hall–Kier alpha value is -2.81. The van der Waals surface area contributed by atoms with Crippen LogP contribution in [0, 0.1) is 11.2 Å². The van der Waals surface area contributed by atoms with E-state index in [4.69, 9.17) is 5.41 Å². The van der Waals surface area contributed by atoms with Crippen molar-refractivity contribution in [2.45, 2.75) is 37.2 Å². The number of alkyl halides is 3. The molecule has 1 aliphatic rings. The number of nitrogens with zero attached hydrogens (tertiary/aromatic N) is 3. The lowest BCUT2D eigenvalue weighted by Crippen LogP contribution is -2.51. The summed E-state index contributed by atoms with van der Waals surface area (Å²) in [5.41, 5.74) is -2.31. The highest BCUT2D eigenvalue weighted by Crippen LogP contribution is 2.57. The predicted molar refractivity (Wildman–Crippen MR) is 119 cm³/mol. The van der Waals surface area contributed by atoms with Crippen LogP contribution in [0.3, 0.4) is 0 Å². The molecule has 186 valence electrons. The molecule has 0 aliphatic carbocycles. The second-order valence-corrected chi connectivity index (χ2v) is 11.3. The molecule has 34 heavy (non-hydrogen) atoms. The van der Waals surface area contributed by atoms with Crippen molar-refractivity contribution in [2.24, 2.45) is 0 Å². The van der Waals surface area contributed by atoms with Crippen LogP contribution in [-0.2, 0) is 11.7 Å². The number of aromatic nitrogens is 2. The zero-order valence-corrected chi connectivity index (χ0v) is 19.5. The summed E-state index contributed by atoms with van der Waals surface area (Å²) in [5.74, 6) is -2.33. The second-order valence-electron chi connectivity index (χ2n) is 8.59. The third kappa shape index (κ3) is 4.58. The lowest BCUT2D eigenvalue weighted by molar-refractivity contribution is -0.138. The summed E-state index contributed by atoms with van der Waals surface area (Å²) in [5, 5.41) is 13.7. The maximum atomic E-state index is 14.9. The monoisotopic (exact) mass is 504 g/mol. The number of rotatable bonds is 3. The topological polar surface area (TPSA) is 134 Å². The molecule has 1 aromatic heterocycles. The first-order valence-electron chi connectivity index (χ1n) is 9.86. The summed E-state index contributed by atoms with van der Waals surface area (Å²) in [7, 11) is -1.99. The van der Waals surface area contributed by atoms with Gasteiger partial charge in [-0.2, -0.15) is 13.2 Å². The molecule has 1 atom stereocenters. The molecule has 0 saturated carbocycles. The van der Waals surface area contributed by atoms with Gasteiger partial charge in [0.05, 0.1) is 11.1 Å². The third-order valence-corrected chi connectivity index (χ3v) is 8.23. The molecule has 0 unspecified atom stereocenters. The Morgan fingerprint density at radius 1 is 1.24 bits per heavy atom. The van der Waals surface area contributed by atoms with Gasteiger partial charge in [0.1, 0.15) is 16.4 Å². The van der Waals surface area contributed by atoms with Gasteiger partial charge in [-0.15, -0.1) is 10.8 Å². The third-order valence-electron chi connectivity index (χ3n) is 5.66. The molecule has 0 bridgehead atoms. The average Bonchev–Trinajstić information content (AvgIpc) is 2.77. The number of benzene rings is 1. The fourth-order valence-electron chi connectivity index (χ4n) is 3.48. The van der Waals surface area contributed by atoms with Crippen molar-refractivity contribution in [3.05, 3.63) is 53.4 Å². The SMILES string of the molecule is CN1C[C@@](C)(c2cc(NC(=O)c3ncc(C(F)(F)F)cn3)ccc2F)NC(=N)C(C)(C)S1(O)O. The molecule has 0 spiro atoms. The van der Waals surface area contributed by atoms with Gasteiger partial charge >= 0.3 is 6.18 Å². The Bertz CT molecular complexity index is 1130. The summed E-state index contributed by atoms with van der Waals surface area (Å²) in [6.45, 7) is 4.43. The largest absolute Gasteiger partial charge is 0.419 e. The van der Waals surface area contributed by atoms with Gasteiger partial charge < -0.3 is 10.6 Å². The maximum absolute atomic E-state index is 14.9. The summed E-state index contributed by atoms with van der Waals surface area (Å²) in [4.78, 5) is 19.3. The quantitative estimate of drug-likeness (QED) is 0.398. The molecular weight excluding hydrogens is 480 g/mol. The maximum Gasteiger partial charge on any atom is 0.419 e. The Balaban J connectivity index is 1.91. The van der Waals surface area contributed by atoms with Crippen LogP contribution in [0.4, 0.5) is 23.2 Å². The van der Waals surface area contributed by atoms with E-state index in [2.05, 4.69) is 20.6 Å². The van der Waals surface area contributed by atoms with Gasteiger partial charge in [-0.1, -0.05) is 0 Å². The van der Waals surface area contributed by atoms with Crippen LogP contribution in [0.1, 0.15) is 42.5 Å². The molecule has 9 nitrogen and oxygen atoms in total. The summed E-state index contributed by atoms with van der Waals surface area (Å²) in [6.07, 6.45) is -3.69. The first-order valence-corrected chi connectivity index (χ1v) is 11.4. The highest BCUT2D eigenvalue weighted by atomic mass is 32.3. The van der Waals surface area contributed by atoms with E-state index < -0.39 is 50.4 Å². The van der Waals surface area contributed by atoms with Gasteiger partial charge in [0.15, 0.2) is 0 Å². The summed E-state index contributed by atoms with van der Waals surface area (Å²) in [6, 6.07) is 3.60. The number of hydrogen-bond acceptors (Lipinski definition) is 7.